The van der Waals surface area contributed by atoms with Crippen molar-refractivity contribution < 1.29 is 13.2 Å². The third kappa shape index (κ3) is 4.19. The Morgan fingerprint density at radius 2 is 1.62 bits per heavy atom. The van der Waals surface area contributed by atoms with Crippen molar-refractivity contribution in [1.82, 2.24) is 14.8 Å². The molecule has 3 nitrogen and oxygen atoms in total. The van der Waals surface area contributed by atoms with Crippen LogP contribution in [0.25, 0.3) is 17.1 Å². The lowest BCUT2D eigenvalue weighted by Gasteiger charge is -2.11. The average Bonchev–Trinajstić information content (AvgIpc) is 3.13. The quantitative estimate of drug-likeness (QED) is 0.380. The Balaban J connectivity index is 1.75. The number of nitrogens with zero attached hydrogens (tertiary/aromatic N) is 3. The van der Waals surface area contributed by atoms with Crippen LogP contribution in [0.2, 0.25) is 0 Å². The van der Waals surface area contributed by atoms with Crippen LogP contribution in [0.15, 0.2) is 71.9 Å². The number of halogens is 3. The third-order valence-electron chi connectivity index (χ3n) is 4.36. The fourth-order valence-corrected chi connectivity index (χ4v) is 3.87. The second-order valence-corrected chi connectivity index (χ2v) is 7.45. The normalized spacial score (nSPS) is 11.0. The molecule has 1 heterocycles. The largest absolute Gasteiger partial charge is 0.270 e. The minimum atomic E-state index is -0.492. The first-order valence-corrected chi connectivity index (χ1v) is 9.85. The Bertz CT molecular complexity index is 1160. The van der Waals surface area contributed by atoms with E-state index in [1.165, 1.54) is 30.0 Å². The van der Waals surface area contributed by atoms with Crippen LogP contribution in [0.3, 0.4) is 0 Å². The molecule has 4 aromatic rings. The summed E-state index contributed by atoms with van der Waals surface area (Å²) in [5, 5.41) is 9.06. The molecule has 0 saturated carbocycles. The zero-order valence-corrected chi connectivity index (χ0v) is 16.3. The van der Waals surface area contributed by atoms with Crippen molar-refractivity contribution in [3.63, 3.8) is 0 Å². The lowest BCUT2D eigenvalue weighted by atomic mass is 10.2. The maximum Gasteiger partial charge on any atom is 0.196 e. The van der Waals surface area contributed by atoms with Crippen molar-refractivity contribution in [2.24, 2.45) is 0 Å². The molecule has 146 valence electrons. The van der Waals surface area contributed by atoms with Gasteiger partial charge in [-0.1, -0.05) is 23.9 Å². The van der Waals surface area contributed by atoms with Gasteiger partial charge in [-0.05, 0) is 67.1 Å². The molecule has 0 aliphatic carbocycles. The van der Waals surface area contributed by atoms with Crippen LogP contribution < -0.4 is 0 Å². The number of rotatable bonds is 5. The monoisotopic (exact) mass is 411 g/mol. The van der Waals surface area contributed by atoms with Crippen molar-refractivity contribution in [1.29, 1.82) is 0 Å². The second kappa shape index (κ2) is 8.13. The van der Waals surface area contributed by atoms with Gasteiger partial charge in [0.05, 0.1) is 0 Å². The first-order valence-electron chi connectivity index (χ1n) is 8.86. The van der Waals surface area contributed by atoms with E-state index in [9.17, 15) is 13.2 Å². The predicted molar refractivity (Wildman–Crippen MR) is 107 cm³/mol. The minimum Gasteiger partial charge on any atom is -0.270 e. The molecule has 0 radical (unpaired) electrons. The van der Waals surface area contributed by atoms with Crippen molar-refractivity contribution in [3.05, 3.63) is 95.3 Å². The van der Waals surface area contributed by atoms with Gasteiger partial charge in [-0.2, -0.15) is 0 Å². The molecule has 0 aliphatic heterocycles. The predicted octanol–water partition coefficient (Wildman–Crippen LogP) is 5.95. The van der Waals surface area contributed by atoms with Crippen molar-refractivity contribution >= 4 is 11.8 Å². The molecule has 0 spiro atoms. The molecule has 7 heteroatoms. The molecule has 0 unspecified atom stereocenters. The molecule has 0 aliphatic rings. The lowest BCUT2D eigenvalue weighted by molar-refractivity contribution is 0.591. The zero-order valence-electron chi connectivity index (χ0n) is 15.4. The van der Waals surface area contributed by atoms with E-state index in [-0.39, 0.29) is 17.1 Å². The average molecular weight is 411 g/mol. The highest BCUT2D eigenvalue weighted by molar-refractivity contribution is 7.98. The van der Waals surface area contributed by atoms with Gasteiger partial charge < -0.3 is 0 Å². The molecule has 0 N–H and O–H groups in total. The highest BCUT2D eigenvalue weighted by atomic mass is 32.2. The lowest BCUT2D eigenvalue weighted by Crippen LogP contribution is -2.00. The maximum absolute atomic E-state index is 14.0. The van der Waals surface area contributed by atoms with Crippen LogP contribution in [0.5, 0.6) is 0 Å². The van der Waals surface area contributed by atoms with Crippen LogP contribution in [0, 0.1) is 24.4 Å². The second-order valence-electron chi connectivity index (χ2n) is 6.51. The van der Waals surface area contributed by atoms with E-state index in [1.807, 2.05) is 35.8 Å². The molecule has 0 saturated heterocycles. The summed E-state index contributed by atoms with van der Waals surface area (Å²) in [7, 11) is 0. The van der Waals surface area contributed by atoms with Crippen LogP contribution in [-0.2, 0) is 5.75 Å². The summed E-state index contributed by atoms with van der Waals surface area (Å²) in [5.74, 6) is -0.575. The Morgan fingerprint density at radius 3 is 2.38 bits per heavy atom. The number of aryl methyl sites for hydroxylation is 1. The molecule has 1 aromatic heterocycles. The molecule has 3 aromatic carbocycles. The first-order chi connectivity index (χ1) is 14.0. The molecule has 0 bridgehead atoms. The first kappa shape index (κ1) is 19.3. The summed E-state index contributed by atoms with van der Waals surface area (Å²) in [5.41, 5.74) is 2.83. The van der Waals surface area contributed by atoms with Crippen molar-refractivity contribution in [2.45, 2.75) is 17.8 Å². The smallest absolute Gasteiger partial charge is 0.196 e. The number of hydrogen-bond donors (Lipinski definition) is 0. The molecular formula is C22H16F3N3S. The molecule has 0 amide bonds. The van der Waals surface area contributed by atoms with E-state index in [0.29, 0.717) is 16.5 Å². The van der Waals surface area contributed by atoms with Gasteiger partial charge in [-0.3, -0.25) is 4.57 Å². The summed E-state index contributed by atoms with van der Waals surface area (Å²) in [4.78, 5) is 0. The topological polar surface area (TPSA) is 30.7 Å². The van der Waals surface area contributed by atoms with Gasteiger partial charge in [0.2, 0.25) is 0 Å². The Morgan fingerprint density at radius 1 is 0.862 bits per heavy atom. The molecule has 0 fully saturated rings. The van der Waals surface area contributed by atoms with E-state index >= 15 is 0 Å². The zero-order chi connectivity index (χ0) is 20.4. The van der Waals surface area contributed by atoms with Gasteiger partial charge in [0.25, 0.3) is 0 Å². The molecule has 29 heavy (non-hydrogen) atoms. The summed E-state index contributed by atoms with van der Waals surface area (Å²) in [6.45, 7) is 1.97. The summed E-state index contributed by atoms with van der Waals surface area (Å²) >= 11 is 1.25. The van der Waals surface area contributed by atoms with E-state index < -0.39 is 11.6 Å². The van der Waals surface area contributed by atoms with Gasteiger partial charge in [0.1, 0.15) is 17.5 Å². The van der Waals surface area contributed by atoms with Crippen LogP contribution >= 0.6 is 11.8 Å². The van der Waals surface area contributed by atoms with E-state index in [0.717, 1.165) is 23.4 Å². The fourth-order valence-electron chi connectivity index (χ4n) is 2.95. The minimum absolute atomic E-state index is 0.191. The van der Waals surface area contributed by atoms with Crippen molar-refractivity contribution in [3.8, 4) is 17.1 Å². The van der Waals surface area contributed by atoms with E-state index in [4.69, 9.17) is 0 Å². The van der Waals surface area contributed by atoms with Gasteiger partial charge in [0.15, 0.2) is 11.0 Å². The fraction of sp³-hybridized carbons (Fsp3) is 0.0909. The molecule has 4 rings (SSSR count). The SMILES string of the molecule is Cc1cccc(-n2c(SCc3cc(F)ccc3F)nnc2-c2ccc(F)cc2)c1. The van der Waals surface area contributed by atoms with E-state index in [2.05, 4.69) is 10.2 Å². The number of benzene rings is 3. The number of hydrogen-bond acceptors (Lipinski definition) is 3. The van der Waals surface area contributed by atoms with Gasteiger partial charge in [-0.25, -0.2) is 13.2 Å². The van der Waals surface area contributed by atoms with Gasteiger partial charge in [-0.15, -0.1) is 10.2 Å². The summed E-state index contributed by atoms with van der Waals surface area (Å²) in [6.07, 6.45) is 0. The van der Waals surface area contributed by atoms with Crippen LogP contribution in [0.4, 0.5) is 13.2 Å². The Hall–Kier alpha value is -3.06. The highest BCUT2D eigenvalue weighted by Gasteiger charge is 2.17. The molecular weight excluding hydrogens is 395 g/mol. The number of aromatic nitrogens is 3. The maximum atomic E-state index is 14.0. The van der Waals surface area contributed by atoms with Crippen molar-refractivity contribution in [2.75, 3.05) is 0 Å². The van der Waals surface area contributed by atoms with Gasteiger partial charge in [0, 0.05) is 22.6 Å². The molecule has 0 atom stereocenters. The Kier molecular flexibility index (Phi) is 5.40. The third-order valence-corrected chi connectivity index (χ3v) is 5.34. The highest BCUT2D eigenvalue weighted by Crippen LogP contribution is 2.30. The standard InChI is InChI=1S/C22H16F3N3S/c1-14-3-2-4-19(11-14)28-21(15-5-7-17(23)8-6-15)26-27-22(28)29-13-16-12-18(24)9-10-20(16)25/h2-12H,13H2,1H3. The van der Waals surface area contributed by atoms with Gasteiger partial charge >= 0.3 is 0 Å². The van der Waals surface area contributed by atoms with Crippen LogP contribution in [-0.4, -0.2) is 14.8 Å². The summed E-state index contributed by atoms with van der Waals surface area (Å²) in [6, 6.07) is 17.1. The number of thioether (sulfide) groups is 1. The van der Waals surface area contributed by atoms with E-state index in [1.54, 1.807) is 12.1 Å². The Labute approximate surface area is 170 Å². The summed E-state index contributed by atoms with van der Waals surface area (Å²) < 4.78 is 42.7. The van der Waals surface area contributed by atoms with Crippen LogP contribution in [0.1, 0.15) is 11.1 Å².